The highest BCUT2D eigenvalue weighted by molar-refractivity contribution is 5.84. The van der Waals surface area contributed by atoms with Gasteiger partial charge in [0, 0.05) is 5.54 Å². The summed E-state index contributed by atoms with van der Waals surface area (Å²) in [6, 6.07) is 14.3. The number of rotatable bonds is 7. The molecule has 2 amide bonds. The monoisotopic (exact) mass is 369 g/mol. The minimum absolute atomic E-state index is 0.0697. The van der Waals surface area contributed by atoms with E-state index in [0.717, 1.165) is 10.9 Å². The lowest BCUT2D eigenvalue weighted by Gasteiger charge is -2.25. The molecule has 0 bridgehead atoms. The van der Waals surface area contributed by atoms with E-state index in [1.54, 1.807) is 0 Å². The number of nitrogens with zero attached hydrogens (tertiary/aromatic N) is 1. The highest BCUT2D eigenvalue weighted by Crippen LogP contribution is 2.20. The van der Waals surface area contributed by atoms with Crippen molar-refractivity contribution in [1.82, 2.24) is 15.5 Å². The van der Waals surface area contributed by atoms with Gasteiger partial charge in [-0.15, -0.1) is 0 Å². The zero-order valence-electron chi connectivity index (χ0n) is 17.0. The Morgan fingerprint density at radius 3 is 2.26 bits per heavy atom. The molecule has 2 aromatic rings. The number of carbonyl (C=O) groups is 2. The van der Waals surface area contributed by atoms with E-state index in [9.17, 15) is 9.59 Å². The molecule has 0 unspecified atom stereocenters. The van der Waals surface area contributed by atoms with E-state index in [1.165, 1.54) is 5.39 Å². The second-order valence-electron chi connectivity index (χ2n) is 8.00. The van der Waals surface area contributed by atoms with Crippen LogP contribution in [0.1, 0.15) is 46.2 Å². The fourth-order valence-corrected chi connectivity index (χ4v) is 2.99. The maximum absolute atomic E-state index is 12.4. The summed E-state index contributed by atoms with van der Waals surface area (Å²) < 4.78 is 0. The predicted molar refractivity (Wildman–Crippen MR) is 111 cm³/mol. The summed E-state index contributed by atoms with van der Waals surface area (Å²) in [5.41, 5.74) is 0.791. The van der Waals surface area contributed by atoms with Gasteiger partial charge in [-0.3, -0.25) is 14.5 Å². The Bertz CT molecular complexity index is 795. The predicted octanol–water partition coefficient (Wildman–Crippen LogP) is 3.25. The highest BCUT2D eigenvalue weighted by atomic mass is 16.2. The number of hydrogen-bond acceptors (Lipinski definition) is 3. The van der Waals surface area contributed by atoms with Gasteiger partial charge in [0.05, 0.1) is 19.1 Å². The molecule has 2 aromatic carbocycles. The number of amides is 2. The molecule has 0 aromatic heterocycles. The van der Waals surface area contributed by atoms with Crippen molar-refractivity contribution >= 4 is 22.6 Å². The smallest absolute Gasteiger partial charge is 0.234 e. The van der Waals surface area contributed by atoms with Crippen LogP contribution in [0, 0.1) is 0 Å². The minimum atomic E-state index is -0.274. The van der Waals surface area contributed by atoms with Crippen molar-refractivity contribution < 1.29 is 9.59 Å². The molecule has 0 radical (unpaired) electrons. The molecule has 2 N–H and O–H groups in total. The normalized spacial score (nSPS) is 12.8. The van der Waals surface area contributed by atoms with Crippen molar-refractivity contribution in [3.63, 3.8) is 0 Å². The first-order valence-electron chi connectivity index (χ1n) is 9.49. The zero-order chi connectivity index (χ0) is 20.0. The lowest BCUT2D eigenvalue weighted by Crippen LogP contribution is -2.48. The van der Waals surface area contributed by atoms with Crippen molar-refractivity contribution in [3.8, 4) is 0 Å². The van der Waals surface area contributed by atoms with Crippen LogP contribution in [0.2, 0.25) is 0 Å². The Morgan fingerprint density at radius 2 is 1.63 bits per heavy atom. The molecule has 0 aliphatic carbocycles. The molecule has 0 spiro atoms. The summed E-state index contributed by atoms with van der Waals surface area (Å²) in [4.78, 5) is 26.4. The van der Waals surface area contributed by atoms with Gasteiger partial charge in [0.2, 0.25) is 11.8 Å². The maximum atomic E-state index is 12.4. The summed E-state index contributed by atoms with van der Waals surface area (Å²) in [6.07, 6.45) is 0. The molecule has 0 saturated heterocycles. The van der Waals surface area contributed by atoms with Gasteiger partial charge in [0.25, 0.3) is 0 Å². The molecule has 0 fully saturated rings. The molecule has 146 valence electrons. The van der Waals surface area contributed by atoms with Crippen molar-refractivity contribution in [2.24, 2.45) is 0 Å². The van der Waals surface area contributed by atoms with Gasteiger partial charge in [-0.05, 0) is 56.6 Å². The van der Waals surface area contributed by atoms with Crippen molar-refractivity contribution in [2.75, 3.05) is 19.6 Å². The molecule has 5 nitrogen and oxygen atoms in total. The van der Waals surface area contributed by atoms with Crippen LogP contribution >= 0.6 is 0 Å². The summed E-state index contributed by atoms with van der Waals surface area (Å²) in [6.45, 7) is 10.8. The van der Waals surface area contributed by atoms with E-state index in [2.05, 4.69) is 34.9 Å². The van der Waals surface area contributed by atoms with Crippen molar-refractivity contribution in [2.45, 2.75) is 46.2 Å². The molecule has 0 aliphatic heterocycles. The third kappa shape index (κ3) is 6.68. The number of fused-ring (bicyclic) bond motifs is 1. The van der Waals surface area contributed by atoms with E-state index in [4.69, 9.17) is 0 Å². The average molecular weight is 370 g/mol. The highest BCUT2D eigenvalue weighted by Gasteiger charge is 2.18. The molecule has 0 saturated carbocycles. The van der Waals surface area contributed by atoms with Crippen molar-refractivity contribution in [1.29, 1.82) is 0 Å². The first kappa shape index (κ1) is 20.9. The lowest BCUT2D eigenvalue weighted by molar-refractivity contribution is -0.126. The van der Waals surface area contributed by atoms with E-state index >= 15 is 0 Å². The molecule has 2 rings (SSSR count). The van der Waals surface area contributed by atoms with Crippen LogP contribution in [0.5, 0.6) is 0 Å². The van der Waals surface area contributed by atoms with Crippen LogP contribution in [0.3, 0.4) is 0 Å². The fourth-order valence-electron chi connectivity index (χ4n) is 2.99. The van der Waals surface area contributed by atoms with Gasteiger partial charge in [-0.25, -0.2) is 0 Å². The van der Waals surface area contributed by atoms with Crippen LogP contribution in [0.15, 0.2) is 42.5 Å². The molecular weight excluding hydrogens is 338 g/mol. The molecule has 0 aliphatic rings. The maximum Gasteiger partial charge on any atom is 0.234 e. The largest absolute Gasteiger partial charge is 0.350 e. The Balaban J connectivity index is 1.93. The Kier molecular flexibility index (Phi) is 6.97. The number of likely N-dealkylation sites (N-methyl/N-ethyl adjacent to an activating group) is 1. The quantitative estimate of drug-likeness (QED) is 0.787. The van der Waals surface area contributed by atoms with Crippen LogP contribution in [-0.2, 0) is 9.59 Å². The minimum Gasteiger partial charge on any atom is -0.350 e. The van der Waals surface area contributed by atoms with E-state index in [1.807, 2.05) is 57.7 Å². The van der Waals surface area contributed by atoms with Crippen molar-refractivity contribution in [3.05, 3.63) is 48.0 Å². The summed E-state index contributed by atoms with van der Waals surface area (Å²) in [7, 11) is 0. The third-order valence-electron chi connectivity index (χ3n) is 4.35. The van der Waals surface area contributed by atoms with Gasteiger partial charge in [-0.2, -0.15) is 0 Å². The number of hydrogen-bond donors (Lipinski definition) is 2. The van der Waals surface area contributed by atoms with Gasteiger partial charge < -0.3 is 10.6 Å². The first-order valence-corrected chi connectivity index (χ1v) is 9.49. The van der Waals surface area contributed by atoms with Crippen LogP contribution in [0.25, 0.3) is 10.8 Å². The molecule has 0 heterocycles. The average Bonchev–Trinajstić information content (AvgIpc) is 2.58. The van der Waals surface area contributed by atoms with E-state index in [-0.39, 0.29) is 36.5 Å². The standard InChI is InChI=1S/C22H31N3O2/c1-6-25(15-21(27)24-22(3,4)5)14-20(26)23-16(2)18-12-11-17-9-7-8-10-19(17)13-18/h7-13,16H,6,14-15H2,1-5H3,(H,23,26)(H,24,27)/t16-/m0/s1. The van der Waals surface area contributed by atoms with Gasteiger partial charge in [0.1, 0.15) is 0 Å². The molecule has 1 atom stereocenters. The van der Waals surface area contributed by atoms with E-state index < -0.39 is 0 Å². The topological polar surface area (TPSA) is 61.4 Å². The fraction of sp³-hybridized carbons (Fsp3) is 0.455. The summed E-state index contributed by atoms with van der Waals surface area (Å²) in [5, 5.41) is 8.30. The Morgan fingerprint density at radius 1 is 1.00 bits per heavy atom. The number of carbonyl (C=O) groups excluding carboxylic acids is 2. The van der Waals surface area contributed by atoms with Gasteiger partial charge in [0.15, 0.2) is 0 Å². The molecular formula is C22H31N3O2. The Labute approximate surface area is 162 Å². The lowest BCUT2D eigenvalue weighted by atomic mass is 10.0. The SMILES string of the molecule is CCN(CC(=O)N[C@@H](C)c1ccc2ccccc2c1)CC(=O)NC(C)(C)C. The second kappa shape index (κ2) is 9.00. The van der Waals surface area contributed by atoms with Gasteiger partial charge in [-0.1, -0.05) is 43.3 Å². The summed E-state index contributed by atoms with van der Waals surface area (Å²) >= 11 is 0. The van der Waals surface area contributed by atoms with Crippen LogP contribution < -0.4 is 10.6 Å². The van der Waals surface area contributed by atoms with Gasteiger partial charge >= 0.3 is 0 Å². The third-order valence-corrected chi connectivity index (χ3v) is 4.35. The first-order chi connectivity index (χ1) is 12.7. The van der Waals surface area contributed by atoms with Crippen LogP contribution in [0.4, 0.5) is 0 Å². The summed E-state index contributed by atoms with van der Waals surface area (Å²) in [5.74, 6) is -0.152. The molecule has 5 heteroatoms. The molecule has 27 heavy (non-hydrogen) atoms. The zero-order valence-corrected chi connectivity index (χ0v) is 17.0. The van der Waals surface area contributed by atoms with Crippen LogP contribution in [-0.4, -0.2) is 41.9 Å². The van der Waals surface area contributed by atoms with E-state index in [0.29, 0.717) is 6.54 Å². The second-order valence-corrected chi connectivity index (χ2v) is 8.00. The number of benzene rings is 2. The number of nitrogens with one attached hydrogen (secondary N) is 2. The Hall–Kier alpha value is -2.40.